The Morgan fingerprint density at radius 2 is 1.73 bits per heavy atom. The lowest BCUT2D eigenvalue weighted by atomic mass is 9.52. The Morgan fingerprint density at radius 1 is 0.976 bits per heavy atom. The number of ether oxygens (including phenoxy) is 3. The summed E-state index contributed by atoms with van der Waals surface area (Å²) in [5.41, 5.74) is 6.13. The van der Waals surface area contributed by atoms with E-state index in [0.717, 1.165) is 30.5 Å². The van der Waals surface area contributed by atoms with Gasteiger partial charge in [0.15, 0.2) is 11.5 Å². The zero-order valence-corrected chi connectivity index (χ0v) is 22.4. The fourth-order valence-corrected chi connectivity index (χ4v) is 4.14. The number of rotatable bonds is 9. The Balaban J connectivity index is 1.78. The van der Waals surface area contributed by atoms with Crippen LogP contribution in [0.2, 0.25) is 0 Å². The van der Waals surface area contributed by atoms with Crippen molar-refractivity contribution in [3.05, 3.63) is 77.4 Å². The van der Waals surface area contributed by atoms with E-state index in [1.807, 2.05) is 6.08 Å². The summed E-state index contributed by atoms with van der Waals surface area (Å²) in [6, 6.07) is 8.49. The van der Waals surface area contributed by atoms with Crippen LogP contribution in [-0.4, -0.2) is 52.0 Å². The third kappa shape index (κ3) is 7.83. The van der Waals surface area contributed by atoms with E-state index in [-0.39, 0.29) is 28.6 Å². The molecule has 0 radical (unpaired) electrons. The smallest absolute Gasteiger partial charge is 0.510 e. The van der Waals surface area contributed by atoms with Crippen LogP contribution < -0.4 is 25.3 Å². The summed E-state index contributed by atoms with van der Waals surface area (Å²) in [5, 5.41) is 1.63. The number of alkyl halides is 3. The number of benzene rings is 2. The number of allylic oxidation sites excluding steroid dienone is 2. The number of carbonyl (C=O) groups is 2. The molecule has 1 aliphatic rings. The number of hydrogen-bond acceptors (Lipinski definition) is 6. The molecule has 15 heteroatoms. The molecule has 8 nitrogen and oxygen atoms in total. The number of nitrogens with one attached hydrogen (secondary N) is 1. The molecule has 2 amide bonds. The molecule has 0 fully saturated rings. The van der Waals surface area contributed by atoms with Crippen LogP contribution >= 0.6 is 0 Å². The molecule has 0 saturated carbocycles. The van der Waals surface area contributed by atoms with E-state index in [2.05, 4.69) is 15.0 Å². The lowest BCUT2D eigenvalue weighted by molar-refractivity contribution is -0.274. The molecule has 210 valence electrons. The van der Waals surface area contributed by atoms with Crippen molar-refractivity contribution in [3.63, 3.8) is 0 Å². The number of aromatic nitrogens is 1. The molecule has 3 aromatic rings. The quantitative estimate of drug-likeness (QED) is 0.304. The summed E-state index contributed by atoms with van der Waals surface area (Å²) in [5.74, 6) is -3.62. The number of amides is 2. The number of primary amides is 1. The van der Waals surface area contributed by atoms with Gasteiger partial charge in [-0.2, -0.15) is 0 Å². The van der Waals surface area contributed by atoms with Gasteiger partial charge in [-0.05, 0) is 66.8 Å². The van der Waals surface area contributed by atoms with Gasteiger partial charge in [-0.15, -0.1) is 13.2 Å². The zero-order valence-electron chi connectivity index (χ0n) is 22.4. The molecule has 1 aromatic heterocycles. The average Bonchev–Trinajstić information content (AvgIpc) is 3.39. The van der Waals surface area contributed by atoms with E-state index in [0.29, 0.717) is 12.0 Å². The van der Waals surface area contributed by atoms with Crippen molar-refractivity contribution in [3.8, 4) is 23.0 Å². The number of halogens is 4. The van der Waals surface area contributed by atoms with Gasteiger partial charge in [-0.3, -0.25) is 14.6 Å². The van der Waals surface area contributed by atoms with E-state index in [1.54, 1.807) is 23.5 Å². The predicted molar refractivity (Wildman–Crippen MR) is 151 cm³/mol. The van der Waals surface area contributed by atoms with Crippen LogP contribution in [0, 0.1) is 5.82 Å². The summed E-state index contributed by atoms with van der Waals surface area (Å²) < 4.78 is 70.1. The van der Waals surface area contributed by atoms with E-state index >= 15 is 4.39 Å². The average molecular weight is 567 g/mol. The second kappa shape index (κ2) is 11.6. The molecule has 4 rings (SSSR count). The second-order valence-electron chi connectivity index (χ2n) is 10.2. The van der Waals surface area contributed by atoms with Crippen molar-refractivity contribution in [2.75, 3.05) is 5.32 Å². The molecule has 0 unspecified atom stereocenters. The van der Waals surface area contributed by atoms with Crippen LogP contribution in [0.4, 0.5) is 23.2 Å². The summed E-state index contributed by atoms with van der Waals surface area (Å²) in [6.07, 6.45) is 0.644. The molecule has 3 N–H and O–H groups in total. The first-order valence-corrected chi connectivity index (χ1v) is 12.6. The molecule has 2 aromatic carbocycles. The third-order valence-electron chi connectivity index (χ3n) is 5.75. The number of carbonyl (C=O) groups excluding carboxylic acids is 2. The van der Waals surface area contributed by atoms with Gasteiger partial charge in [0.25, 0.3) is 11.8 Å². The monoisotopic (exact) mass is 567 g/mol. The predicted octanol–water partition coefficient (Wildman–Crippen LogP) is 2.72. The highest BCUT2D eigenvalue weighted by molar-refractivity contribution is 6.58. The molecule has 0 atom stereocenters. The van der Waals surface area contributed by atoms with Gasteiger partial charge in [0.1, 0.15) is 52.1 Å². The summed E-state index contributed by atoms with van der Waals surface area (Å²) in [6.45, 7) is 0. The number of anilines is 1. The Morgan fingerprint density at radius 3 is 2.37 bits per heavy atom. The highest BCUT2D eigenvalue weighted by Gasteiger charge is 2.32. The standard InChI is InChI=1S/C26H24B3F4N3O5/c27-25(28,29)41-20-12-16(40-26(31,32)33)5-6-19(20)39-21-10-14(13-3-1-2-4-13)9-17(30)22(21)24(38)36-15-7-8-35-18(11-15)23(34)37/h3,5-12H,1-2,4,27-29H2,(H2,34,37)(H,35,36,38). The fourth-order valence-electron chi connectivity index (χ4n) is 4.14. The molecular formula is C26H24B3F4N3O5. The van der Waals surface area contributed by atoms with Crippen LogP contribution in [0.1, 0.15) is 45.7 Å². The Hall–Kier alpha value is -4.42. The maximum absolute atomic E-state index is 15.6. The molecule has 0 saturated heterocycles. The highest BCUT2D eigenvalue weighted by atomic mass is 19.4. The Bertz CT molecular complexity index is 1530. The number of nitrogens with two attached hydrogens (primary N) is 1. The second-order valence-corrected chi connectivity index (χ2v) is 10.2. The van der Waals surface area contributed by atoms with Gasteiger partial charge in [0.2, 0.25) is 0 Å². The van der Waals surface area contributed by atoms with Crippen LogP contribution in [0.3, 0.4) is 0 Å². The van der Waals surface area contributed by atoms with Crippen molar-refractivity contribution in [1.82, 2.24) is 4.98 Å². The van der Waals surface area contributed by atoms with E-state index in [4.69, 9.17) is 15.2 Å². The molecule has 0 bridgehead atoms. The topological polar surface area (TPSA) is 113 Å². The zero-order chi connectivity index (χ0) is 29.9. The Kier molecular flexibility index (Phi) is 8.36. The summed E-state index contributed by atoms with van der Waals surface area (Å²) >= 11 is 0. The minimum Gasteiger partial charge on any atom is -0.510 e. The van der Waals surface area contributed by atoms with Crippen molar-refractivity contribution in [2.24, 2.45) is 5.73 Å². The summed E-state index contributed by atoms with van der Waals surface area (Å²) in [4.78, 5) is 28.6. The van der Waals surface area contributed by atoms with E-state index < -0.39 is 40.6 Å². The van der Waals surface area contributed by atoms with Crippen LogP contribution in [0.25, 0.3) is 5.57 Å². The lowest BCUT2D eigenvalue weighted by Gasteiger charge is -2.25. The lowest BCUT2D eigenvalue weighted by Crippen LogP contribution is -2.37. The van der Waals surface area contributed by atoms with Crippen molar-refractivity contribution < 1.29 is 41.4 Å². The molecule has 1 aliphatic carbocycles. The van der Waals surface area contributed by atoms with Gasteiger partial charge in [0, 0.05) is 23.2 Å². The first-order valence-electron chi connectivity index (χ1n) is 12.6. The van der Waals surface area contributed by atoms with Gasteiger partial charge in [-0.1, -0.05) is 6.08 Å². The van der Waals surface area contributed by atoms with Crippen molar-refractivity contribution >= 4 is 46.6 Å². The van der Waals surface area contributed by atoms with Gasteiger partial charge in [0.05, 0.1) is 0 Å². The van der Waals surface area contributed by atoms with Gasteiger partial charge < -0.3 is 25.3 Å². The number of nitrogens with zero attached hydrogens (tertiary/aromatic N) is 1. The third-order valence-corrected chi connectivity index (χ3v) is 5.75. The fraction of sp³-hybridized carbons (Fsp3) is 0.192. The minimum atomic E-state index is -4.94. The molecule has 0 aliphatic heterocycles. The van der Waals surface area contributed by atoms with Crippen LogP contribution in [-0.2, 0) is 0 Å². The molecular weight excluding hydrogens is 543 g/mol. The highest BCUT2D eigenvalue weighted by Crippen LogP contribution is 2.41. The maximum Gasteiger partial charge on any atom is 0.573 e. The minimum absolute atomic E-state index is 0.0830. The van der Waals surface area contributed by atoms with E-state index in [1.165, 1.54) is 36.5 Å². The van der Waals surface area contributed by atoms with Crippen molar-refractivity contribution in [1.29, 1.82) is 0 Å². The van der Waals surface area contributed by atoms with Crippen LogP contribution in [0.15, 0.2) is 54.7 Å². The maximum atomic E-state index is 15.6. The number of pyridine rings is 1. The van der Waals surface area contributed by atoms with Crippen molar-refractivity contribution in [2.45, 2.75) is 30.9 Å². The normalized spacial score (nSPS) is 13.3. The largest absolute Gasteiger partial charge is 0.573 e. The first kappa shape index (κ1) is 29.6. The molecule has 41 heavy (non-hydrogen) atoms. The van der Waals surface area contributed by atoms with Gasteiger partial charge in [-0.25, -0.2) is 4.39 Å². The number of hydrogen-bond donors (Lipinski definition) is 2. The molecule has 1 heterocycles. The summed E-state index contributed by atoms with van der Waals surface area (Å²) in [7, 11) is 5.03. The Labute approximate surface area is 235 Å². The molecule has 0 spiro atoms. The first-order chi connectivity index (χ1) is 19.2. The SMILES string of the molecule is BC(B)(B)Oc1cc(OC(F)(F)F)ccc1Oc1cc(C2=CCCC2)cc(F)c1C(=O)Nc1ccnc(C(N)=O)c1. The van der Waals surface area contributed by atoms with E-state index in [9.17, 15) is 22.8 Å². The van der Waals surface area contributed by atoms with Crippen LogP contribution in [0.5, 0.6) is 23.0 Å². The van der Waals surface area contributed by atoms with Gasteiger partial charge >= 0.3 is 6.36 Å².